The molecular formula is C31H36ClF3N4O5. The van der Waals surface area contributed by atoms with E-state index in [1.165, 1.54) is 18.1 Å². The fraction of sp³-hybridized carbons (Fsp3) is 0.516. The van der Waals surface area contributed by atoms with Crippen molar-refractivity contribution >= 4 is 28.6 Å². The molecule has 0 aliphatic carbocycles. The summed E-state index contributed by atoms with van der Waals surface area (Å²) >= 11 is 6.90. The van der Waals surface area contributed by atoms with Crippen molar-refractivity contribution in [3.8, 4) is 11.6 Å². The van der Waals surface area contributed by atoms with Crippen LogP contribution in [0.3, 0.4) is 0 Å². The molecule has 13 heteroatoms. The lowest BCUT2D eigenvalue weighted by Gasteiger charge is -2.48. The van der Waals surface area contributed by atoms with E-state index in [4.69, 9.17) is 25.9 Å². The van der Waals surface area contributed by atoms with E-state index in [-0.39, 0.29) is 40.9 Å². The van der Waals surface area contributed by atoms with Gasteiger partial charge in [0.25, 0.3) is 5.88 Å². The quantitative estimate of drug-likeness (QED) is 0.330. The molecule has 1 aromatic carbocycles. The van der Waals surface area contributed by atoms with Gasteiger partial charge in [-0.15, -0.1) is 5.06 Å². The van der Waals surface area contributed by atoms with Gasteiger partial charge in [-0.2, -0.15) is 13.2 Å². The van der Waals surface area contributed by atoms with E-state index in [0.29, 0.717) is 29.9 Å². The van der Waals surface area contributed by atoms with Gasteiger partial charge in [0.15, 0.2) is 0 Å². The van der Waals surface area contributed by atoms with E-state index < -0.39 is 35.1 Å². The topological polar surface area (TPSA) is 97.3 Å². The maximum atomic E-state index is 13.7. The number of aliphatic hydroxyl groups is 1. The minimum Gasteiger partial charge on any atom is -0.478 e. The van der Waals surface area contributed by atoms with E-state index in [0.717, 1.165) is 25.1 Å². The SMILES string of the molecule is COc1nc2ccc(C(O)(c3ccnc(C(F)(F)F)c3)C3CN(C(=O)OC(C)(C)C)C3)cc2c(Cl)c1ON1CCC(C)CC1. The molecule has 1 atom stereocenters. The first-order valence-electron chi connectivity index (χ1n) is 14.4. The number of benzene rings is 1. The predicted octanol–water partition coefficient (Wildman–Crippen LogP) is 6.44. The van der Waals surface area contributed by atoms with Gasteiger partial charge in [0.05, 0.1) is 12.6 Å². The van der Waals surface area contributed by atoms with Crippen molar-refractivity contribution in [2.45, 2.75) is 57.9 Å². The lowest BCUT2D eigenvalue weighted by Crippen LogP contribution is -2.59. The molecule has 0 radical (unpaired) electrons. The van der Waals surface area contributed by atoms with Crippen LogP contribution < -0.4 is 9.57 Å². The highest BCUT2D eigenvalue weighted by Gasteiger charge is 2.49. The number of hydrogen-bond donors (Lipinski definition) is 1. The first-order chi connectivity index (χ1) is 20.6. The molecule has 2 aliphatic heterocycles. The Hall–Kier alpha value is -3.35. The van der Waals surface area contributed by atoms with Crippen LogP contribution in [0.2, 0.25) is 5.02 Å². The molecular weight excluding hydrogens is 601 g/mol. The maximum absolute atomic E-state index is 13.7. The Morgan fingerprint density at radius 2 is 1.73 bits per heavy atom. The number of carbonyl (C=O) groups is 1. The standard InChI is InChI=1S/C31H36ClF3N4O5/c1-18-9-12-39(13-10-18)44-26-25(32)22-14-19(6-7-23(22)37-27(26)42-5)30(41,20-8-11-36-24(15-20)31(33,34)35)21-16-38(17-21)28(40)43-29(2,3)4/h6-8,11,14-15,18,21,41H,9-10,12-13,16-17H2,1-5H3. The Morgan fingerprint density at radius 1 is 1.07 bits per heavy atom. The second-order valence-electron chi connectivity index (χ2n) is 12.5. The van der Waals surface area contributed by atoms with Crippen molar-refractivity contribution in [1.82, 2.24) is 19.9 Å². The Kier molecular flexibility index (Phi) is 8.65. The molecule has 0 saturated carbocycles. The van der Waals surface area contributed by atoms with E-state index in [2.05, 4.69) is 16.9 Å². The van der Waals surface area contributed by atoms with Gasteiger partial charge in [-0.1, -0.05) is 24.6 Å². The zero-order valence-corrected chi connectivity index (χ0v) is 26.0. The van der Waals surface area contributed by atoms with Crippen LogP contribution in [0, 0.1) is 11.8 Å². The van der Waals surface area contributed by atoms with Gasteiger partial charge >= 0.3 is 12.3 Å². The smallest absolute Gasteiger partial charge is 0.433 e. The lowest BCUT2D eigenvalue weighted by atomic mass is 9.72. The van der Waals surface area contributed by atoms with Crippen molar-refractivity contribution in [1.29, 1.82) is 0 Å². The van der Waals surface area contributed by atoms with Crippen molar-refractivity contribution in [3.63, 3.8) is 0 Å². The molecule has 2 fully saturated rings. The molecule has 1 amide bonds. The van der Waals surface area contributed by atoms with Crippen LogP contribution in [0.15, 0.2) is 36.5 Å². The number of methoxy groups -OCH3 is 1. The fourth-order valence-corrected chi connectivity index (χ4v) is 5.79. The average molecular weight is 637 g/mol. The first-order valence-corrected chi connectivity index (χ1v) is 14.8. The largest absolute Gasteiger partial charge is 0.478 e. The summed E-state index contributed by atoms with van der Waals surface area (Å²) in [7, 11) is 1.46. The number of hydrogen-bond acceptors (Lipinski definition) is 8. The zero-order chi connectivity index (χ0) is 32.0. The number of halogens is 4. The molecule has 2 saturated heterocycles. The van der Waals surface area contributed by atoms with Crippen LogP contribution in [0.1, 0.15) is 57.4 Å². The zero-order valence-electron chi connectivity index (χ0n) is 25.2. The van der Waals surface area contributed by atoms with E-state index in [9.17, 15) is 23.1 Å². The molecule has 1 N–H and O–H groups in total. The molecule has 5 rings (SSSR count). The van der Waals surface area contributed by atoms with E-state index >= 15 is 0 Å². The second kappa shape index (κ2) is 11.9. The van der Waals surface area contributed by atoms with Gasteiger partial charge < -0.3 is 24.3 Å². The normalized spacial score (nSPS) is 18.5. The Bertz CT molecular complexity index is 1540. The number of aromatic nitrogens is 2. The van der Waals surface area contributed by atoms with Crippen LogP contribution in [0.25, 0.3) is 10.9 Å². The summed E-state index contributed by atoms with van der Waals surface area (Å²) in [6.45, 7) is 8.86. The van der Waals surface area contributed by atoms with Crippen molar-refractivity contribution in [2.75, 3.05) is 33.3 Å². The summed E-state index contributed by atoms with van der Waals surface area (Å²) in [5.74, 6) is 0.290. The van der Waals surface area contributed by atoms with Crippen molar-refractivity contribution in [3.05, 3.63) is 58.4 Å². The summed E-state index contributed by atoms with van der Waals surface area (Å²) in [4.78, 5) is 28.3. The summed E-state index contributed by atoms with van der Waals surface area (Å²) < 4.78 is 52.0. The molecule has 0 spiro atoms. The van der Waals surface area contributed by atoms with Gasteiger partial charge in [-0.05, 0) is 74.9 Å². The first kappa shape index (κ1) is 32.1. The maximum Gasteiger partial charge on any atom is 0.433 e. The molecule has 1 unspecified atom stereocenters. The van der Waals surface area contributed by atoms with Crippen LogP contribution in [0.5, 0.6) is 11.6 Å². The minimum atomic E-state index is -4.73. The number of pyridine rings is 2. The van der Waals surface area contributed by atoms with Gasteiger partial charge in [-0.25, -0.2) is 9.78 Å². The van der Waals surface area contributed by atoms with Gasteiger partial charge in [0.1, 0.15) is 21.9 Å². The number of ether oxygens (including phenoxy) is 2. The number of carbonyl (C=O) groups excluding carboxylic acids is 1. The second-order valence-corrected chi connectivity index (χ2v) is 12.9. The van der Waals surface area contributed by atoms with E-state index in [1.807, 2.05) is 0 Å². The summed E-state index contributed by atoms with van der Waals surface area (Å²) in [6, 6.07) is 6.97. The summed E-state index contributed by atoms with van der Waals surface area (Å²) in [6.07, 6.45) is -2.39. The van der Waals surface area contributed by atoms with E-state index in [1.54, 1.807) is 44.0 Å². The molecule has 44 heavy (non-hydrogen) atoms. The number of piperidine rings is 1. The molecule has 2 aromatic heterocycles. The average Bonchev–Trinajstić information content (AvgIpc) is 2.93. The molecule has 0 bridgehead atoms. The highest BCUT2D eigenvalue weighted by atomic mass is 35.5. The summed E-state index contributed by atoms with van der Waals surface area (Å²) in [5, 5.41) is 14.8. The number of fused-ring (bicyclic) bond motifs is 1. The van der Waals surface area contributed by atoms with Crippen LogP contribution in [-0.2, 0) is 16.5 Å². The summed E-state index contributed by atoms with van der Waals surface area (Å²) in [5.41, 5.74) is -3.15. The lowest BCUT2D eigenvalue weighted by molar-refractivity contribution is -0.141. The molecule has 9 nitrogen and oxygen atoms in total. The van der Waals surface area contributed by atoms with Gasteiger partial charge in [0, 0.05) is 43.7 Å². The molecule has 238 valence electrons. The Labute approximate surface area is 258 Å². The third kappa shape index (κ3) is 6.38. The van der Waals surface area contributed by atoms with Crippen LogP contribution in [-0.4, -0.2) is 70.0 Å². The third-order valence-corrected chi connectivity index (χ3v) is 8.43. The van der Waals surface area contributed by atoms with Gasteiger partial charge in [0.2, 0.25) is 5.75 Å². The molecule has 4 heterocycles. The molecule has 2 aliphatic rings. The fourth-order valence-electron chi connectivity index (χ4n) is 5.52. The van der Waals surface area contributed by atoms with Crippen LogP contribution in [0.4, 0.5) is 18.0 Å². The van der Waals surface area contributed by atoms with Crippen LogP contribution >= 0.6 is 11.6 Å². The third-order valence-electron chi connectivity index (χ3n) is 8.06. The molecule has 3 aromatic rings. The van der Waals surface area contributed by atoms with Gasteiger partial charge in [-0.3, -0.25) is 4.98 Å². The predicted molar refractivity (Wildman–Crippen MR) is 157 cm³/mol. The number of nitrogens with zero attached hydrogens (tertiary/aromatic N) is 4. The number of rotatable bonds is 6. The minimum absolute atomic E-state index is 0.0236. The Balaban J connectivity index is 1.57. The highest BCUT2D eigenvalue weighted by Crippen LogP contribution is 2.46. The number of alkyl halides is 3. The monoisotopic (exact) mass is 636 g/mol. The number of hydroxylamine groups is 2. The highest BCUT2D eigenvalue weighted by molar-refractivity contribution is 6.37. The van der Waals surface area contributed by atoms with Crippen molar-refractivity contribution in [2.24, 2.45) is 11.8 Å². The van der Waals surface area contributed by atoms with Crippen molar-refractivity contribution < 1.29 is 37.4 Å². The Morgan fingerprint density at radius 3 is 2.34 bits per heavy atom. The number of amides is 1. The number of likely N-dealkylation sites (tertiary alicyclic amines) is 1.